The maximum atomic E-state index is 12.4. The first-order valence-corrected chi connectivity index (χ1v) is 9.33. The van der Waals surface area contributed by atoms with Crippen molar-refractivity contribution >= 4 is 29.1 Å². The molecule has 0 spiro atoms. The molecule has 0 unspecified atom stereocenters. The van der Waals surface area contributed by atoms with Gasteiger partial charge in [-0.1, -0.05) is 23.7 Å². The molecule has 0 aliphatic heterocycles. The van der Waals surface area contributed by atoms with Crippen molar-refractivity contribution in [2.45, 2.75) is 39.7 Å². The van der Waals surface area contributed by atoms with Gasteiger partial charge in [0.25, 0.3) is 5.91 Å². The molecule has 2 amide bonds. The summed E-state index contributed by atoms with van der Waals surface area (Å²) in [5.41, 5.74) is 9.47. The van der Waals surface area contributed by atoms with Crippen LogP contribution in [0.25, 0.3) is 5.65 Å². The minimum absolute atomic E-state index is 0.0603. The van der Waals surface area contributed by atoms with E-state index < -0.39 is 5.91 Å². The largest absolute Gasteiger partial charge is 0.364 e. The zero-order valence-corrected chi connectivity index (χ0v) is 16.7. The van der Waals surface area contributed by atoms with Crippen LogP contribution in [0.4, 0.5) is 0 Å². The van der Waals surface area contributed by atoms with Crippen LogP contribution in [0.3, 0.4) is 0 Å². The molecule has 0 saturated carbocycles. The summed E-state index contributed by atoms with van der Waals surface area (Å²) in [4.78, 5) is 32.4. The Labute approximate surface area is 167 Å². The van der Waals surface area contributed by atoms with Crippen LogP contribution in [0.15, 0.2) is 30.6 Å². The monoisotopic (exact) mass is 399 g/mol. The lowest BCUT2D eigenvalue weighted by molar-refractivity contribution is -0.121. The fraction of sp³-hybridized carbons (Fsp3) is 0.300. The van der Waals surface area contributed by atoms with Crippen molar-refractivity contribution < 1.29 is 9.59 Å². The zero-order chi connectivity index (χ0) is 20.4. The van der Waals surface area contributed by atoms with Crippen LogP contribution in [0.5, 0.6) is 0 Å². The van der Waals surface area contributed by atoms with E-state index in [1.165, 1.54) is 6.33 Å². The number of imidazole rings is 1. The van der Waals surface area contributed by atoms with Crippen LogP contribution in [-0.2, 0) is 11.2 Å². The number of nitrogens with two attached hydrogens (primary N) is 1. The molecule has 3 rings (SSSR count). The molecular weight excluding hydrogens is 378 g/mol. The third-order valence-corrected chi connectivity index (χ3v) is 5.05. The highest BCUT2D eigenvalue weighted by atomic mass is 35.5. The van der Waals surface area contributed by atoms with Crippen LogP contribution >= 0.6 is 11.6 Å². The third kappa shape index (κ3) is 3.99. The van der Waals surface area contributed by atoms with Gasteiger partial charge in [-0.2, -0.15) is 0 Å². The second kappa shape index (κ2) is 7.98. The van der Waals surface area contributed by atoms with Crippen LogP contribution in [0, 0.1) is 13.8 Å². The normalized spacial score (nSPS) is 12.1. The Morgan fingerprint density at radius 3 is 2.75 bits per heavy atom. The van der Waals surface area contributed by atoms with Crippen molar-refractivity contribution in [2.24, 2.45) is 5.73 Å². The minimum atomic E-state index is -0.615. The van der Waals surface area contributed by atoms with Gasteiger partial charge in [0.15, 0.2) is 11.3 Å². The van der Waals surface area contributed by atoms with E-state index in [1.807, 2.05) is 39.0 Å². The van der Waals surface area contributed by atoms with E-state index in [-0.39, 0.29) is 17.6 Å². The molecule has 0 fully saturated rings. The Morgan fingerprint density at radius 2 is 2.07 bits per heavy atom. The molecule has 146 valence electrons. The molecule has 0 saturated heterocycles. The lowest BCUT2D eigenvalue weighted by Gasteiger charge is -2.16. The highest BCUT2D eigenvalue weighted by Gasteiger charge is 2.17. The second-order valence-electron chi connectivity index (χ2n) is 6.76. The highest BCUT2D eigenvalue weighted by molar-refractivity contribution is 6.30. The smallest absolute Gasteiger partial charge is 0.271 e. The molecule has 3 N–H and O–H groups in total. The number of benzene rings is 1. The number of carbonyl (C=O) groups is 2. The van der Waals surface area contributed by atoms with Crippen LogP contribution in [-0.4, -0.2) is 26.2 Å². The predicted molar refractivity (Wildman–Crippen MR) is 107 cm³/mol. The summed E-state index contributed by atoms with van der Waals surface area (Å²) in [6, 6.07) is 7.29. The average molecular weight is 400 g/mol. The molecular formula is C20H22ClN5O2. The summed E-state index contributed by atoms with van der Waals surface area (Å²) in [5.74, 6) is -0.675. The number of aromatic nitrogens is 3. The van der Waals surface area contributed by atoms with Gasteiger partial charge in [0.05, 0.1) is 6.04 Å². The fourth-order valence-electron chi connectivity index (χ4n) is 3.27. The van der Waals surface area contributed by atoms with Crippen molar-refractivity contribution in [3.05, 3.63) is 63.8 Å². The van der Waals surface area contributed by atoms with Gasteiger partial charge in [-0.25, -0.2) is 9.97 Å². The van der Waals surface area contributed by atoms with Gasteiger partial charge in [0, 0.05) is 22.8 Å². The van der Waals surface area contributed by atoms with Crippen molar-refractivity contribution in [3.8, 4) is 0 Å². The number of fused-ring (bicyclic) bond motifs is 1. The van der Waals surface area contributed by atoms with Gasteiger partial charge in [0.1, 0.15) is 6.33 Å². The maximum Gasteiger partial charge on any atom is 0.271 e. The standard InChI is InChI=1S/C20H22ClN5O2/c1-11(14-5-4-6-15(21)9-14)24-17(27)8-7-16-12(2)25-20-18(19(22)28)23-10-26(20)13(16)3/h4-6,9-11H,7-8H2,1-3H3,(H2,22,28)(H,24,27)/t11-/m0/s1. The van der Waals surface area contributed by atoms with E-state index in [2.05, 4.69) is 15.3 Å². The Hall–Kier alpha value is -2.93. The second-order valence-corrected chi connectivity index (χ2v) is 7.19. The molecule has 0 aliphatic rings. The van der Waals surface area contributed by atoms with Crippen LogP contribution < -0.4 is 11.1 Å². The number of hydrogen-bond donors (Lipinski definition) is 2. The van der Waals surface area contributed by atoms with Gasteiger partial charge in [-0.05, 0) is 50.5 Å². The number of primary amides is 1. The Bertz CT molecular complexity index is 1060. The van der Waals surface area contributed by atoms with Crippen LogP contribution in [0.2, 0.25) is 5.02 Å². The van der Waals surface area contributed by atoms with E-state index >= 15 is 0 Å². The van der Waals surface area contributed by atoms with E-state index in [0.29, 0.717) is 23.5 Å². The van der Waals surface area contributed by atoms with Crippen molar-refractivity contribution in [1.82, 2.24) is 19.7 Å². The lowest BCUT2D eigenvalue weighted by atomic mass is 10.0. The molecule has 28 heavy (non-hydrogen) atoms. The van der Waals surface area contributed by atoms with Gasteiger partial charge in [-0.15, -0.1) is 0 Å². The summed E-state index contributed by atoms with van der Waals surface area (Å²) < 4.78 is 1.73. The lowest BCUT2D eigenvalue weighted by Crippen LogP contribution is -2.27. The molecule has 8 heteroatoms. The first-order valence-electron chi connectivity index (χ1n) is 8.95. The van der Waals surface area contributed by atoms with Gasteiger partial charge in [0.2, 0.25) is 5.91 Å². The van der Waals surface area contributed by atoms with E-state index in [9.17, 15) is 9.59 Å². The molecule has 1 aromatic carbocycles. The van der Waals surface area contributed by atoms with Gasteiger partial charge < -0.3 is 11.1 Å². The molecule has 3 aromatic rings. The Morgan fingerprint density at radius 1 is 1.32 bits per heavy atom. The van der Waals surface area contributed by atoms with E-state index in [0.717, 1.165) is 22.5 Å². The quantitative estimate of drug-likeness (QED) is 0.665. The highest BCUT2D eigenvalue weighted by Crippen LogP contribution is 2.20. The van der Waals surface area contributed by atoms with Gasteiger partial charge in [-0.3, -0.25) is 14.0 Å². The molecule has 0 bridgehead atoms. The van der Waals surface area contributed by atoms with Gasteiger partial charge >= 0.3 is 0 Å². The van der Waals surface area contributed by atoms with Crippen molar-refractivity contribution in [2.75, 3.05) is 0 Å². The molecule has 0 radical (unpaired) electrons. The summed E-state index contributed by atoms with van der Waals surface area (Å²) >= 11 is 6.01. The third-order valence-electron chi connectivity index (χ3n) is 4.81. The SMILES string of the molecule is Cc1nc2c(C(N)=O)ncn2c(C)c1CCC(=O)N[C@@H](C)c1cccc(Cl)c1. The zero-order valence-electron chi connectivity index (χ0n) is 16.0. The number of amides is 2. The van der Waals surface area contributed by atoms with E-state index in [4.69, 9.17) is 17.3 Å². The topological polar surface area (TPSA) is 102 Å². The summed E-state index contributed by atoms with van der Waals surface area (Å²) in [5, 5.41) is 3.63. The molecule has 2 aromatic heterocycles. The number of rotatable bonds is 6. The Kier molecular flexibility index (Phi) is 5.65. The minimum Gasteiger partial charge on any atom is -0.364 e. The fourth-order valence-corrected chi connectivity index (χ4v) is 3.47. The summed E-state index contributed by atoms with van der Waals surface area (Å²) in [7, 11) is 0. The van der Waals surface area contributed by atoms with Crippen LogP contribution in [0.1, 0.15) is 52.4 Å². The van der Waals surface area contributed by atoms with Crippen molar-refractivity contribution in [3.63, 3.8) is 0 Å². The molecule has 2 heterocycles. The molecule has 1 atom stereocenters. The Balaban J connectivity index is 1.72. The number of aryl methyl sites for hydroxylation is 2. The maximum absolute atomic E-state index is 12.4. The number of hydrogen-bond acceptors (Lipinski definition) is 4. The molecule has 7 nitrogen and oxygen atoms in total. The van der Waals surface area contributed by atoms with Crippen molar-refractivity contribution in [1.29, 1.82) is 0 Å². The summed E-state index contributed by atoms with van der Waals surface area (Å²) in [6.45, 7) is 5.69. The first-order chi connectivity index (χ1) is 13.3. The average Bonchev–Trinajstić information content (AvgIpc) is 3.05. The first kappa shape index (κ1) is 19.8. The van der Waals surface area contributed by atoms with E-state index in [1.54, 1.807) is 10.5 Å². The predicted octanol–water partition coefficient (Wildman–Crippen LogP) is 2.91. The number of carbonyl (C=O) groups excluding carboxylic acids is 2. The molecule has 0 aliphatic carbocycles. The summed E-state index contributed by atoms with van der Waals surface area (Å²) in [6.07, 6.45) is 2.37. The number of halogens is 1. The number of nitrogens with one attached hydrogen (secondary N) is 1. The number of nitrogens with zero attached hydrogens (tertiary/aromatic N) is 3.